The van der Waals surface area contributed by atoms with Crippen molar-refractivity contribution >= 4 is 17.7 Å². The zero-order valence-corrected chi connectivity index (χ0v) is 13.3. The number of carbonyl (C=O) groups excluding carboxylic acids is 2. The van der Waals surface area contributed by atoms with Gasteiger partial charge in [-0.3, -0.25) is 14.7 Å². The summed E-state index contributed by atoms with van der Waals surface area (Å²) in [7, 11) is 0. The van der Waals surface area contributed by atoms with E-state index in [0.717, 1.165) is 18.2 Å². The highest BCUT2D eigenvalue weighted by atomic mass is 19.1. The minimum Gasteiger partial charge on any atom is -0.441 e. The van der Waals surface area contributed by atoms with Crippen LogP contribution in [0.5, 0.6) is 0 Å². The summed E-state index contributed by atoms with van der Waals surface area (Å²) < 4.78 is 32.7. The molecule has 1 aromatic carbocycles. The number of ether oxygens (including phenoxy) is 1. The van der Waals surface area contributed by atoms with Gasteiger partial charge in [0.25, 0.3) is 0 Å². The van der Waals surface area contributed by atoms with Crippen molar-refractivity contribution in [3.63, 3.8) is 0 Å². The monoisotopic (exact) mass is 347 g/mol. The van der Waals surface area contributed by atoms with Crippen molar-refractivity contribution in [2.75, 3.05) is 11.4 Å². The summed E-state index contributed by atoms with van der Waals surface area (Å²) in [6, 6.07) is 5.48. The van der Waals surface area contributed by atoms with Crippen LogP contribution >= 0.6 is 0 Å². The van der Waals surface area contributed by atoms with E-state index in [1.165, 1.54) is 24.2 Å². The molecule has 130 valence electrons. The van der Waals surface area contributed by atoms with E-state index >= 15 is 0 Å². The van der Waals surface area contributed by atoms with Gasteiger partial charge in [0.05, 0.1) is 18.4 Å². The van der Waals surface area contributed by atoms with E-state index in [9.17, 15) is 18.4 Å². The smallest absolute Gasteiger partial charge is 0.415 e. The van der Waals surface area contributed by atoms with Crippen LogP contribution in [0.1, 0.15) is 18.5 Å². The summed E-state index contributed by atoms with van der Waals surface area (Å²) in [5.41, 5.74) is 0.648. The number of cyclic esters (lactones) is 1. The molecule has 1 aliphatic rings. The van der Waals surface area contributed by atoms with Gasteiger partial charge in [0.15, 0.2) is 0 Å². The van der Waals surface area contributed by atoms with Gasteiger partial charge in [0.1, 0.15) is 23.8 Å². The van der Waals surface area contributed by atoms with Gasteiger partial charge < -0.3 is 10.1 Å². The number of anilines is 1. The predicted octanol–water partition coefficient (Wildman–Crippen LogP) is 2.56. The minimum atomic E-state index is -0.811. The first kappa shape index (κ1) is 16.8. The first-order chi connectivity index (χ1) is 12.0. The van der Waals surface area contributed by atoms with Crippen LogP contribution in [0.2, 0.25) is 0 Å². The van der Waals surface area contributed by atoms with E-state index in [0.29, 0.717) is 5.69 Å². The molecule has 2 atom stereocenters. The maximum atomic E-state index is 13.7. The summed E-state index contributed by atoms with van der Waals surface area (Å²) >= 11 is 0. The topological polar surface area (TPSA) is 71.5 Å². The standard InChI is InChI=1S/C17H15F2N3O3/c1-10(23)21-9-15-16(11-5-12(18)7-13(19)6-11)22(17(24)25-15)14-3-2-4-20-8-14/h2-8,15-16H,9H2,1H3,(H,21,23). The van der Waals surface area contributed by atoms with Crippen molar-refractivity contribution in [1.29, 1.82) is 0 Å². The Kier molecular flexibility index (Phi) is 4.60. The van der Waals surface area contributed by atoms with Gasteiger partial charge in [-0.1, -0.05) is 0 Å². The van der Waals surface area contributed by atoms with Crippen LogP contribution in [-0.4, -0.2) is 29.6 Å². The maximum absolute atomic E-state index is 13.7. The van der Waals surface area contributed by atoms with Crippen LogP contribution in [0.15, 0.2) is 42.7 Å². The number of hydrogen-bond acceptors (Lipinski definition) is 4. The molecule has 0 saturated carbocycles. The van der Waals surface area contributed by atoms with E-state index in [-0.39, 0.29) is 18.0 Å². The van der Waals surface area contributed by atoms with Crippen molar-refractivity contribution in [3.05, 3.63) is 59.9 Å². The Labute approximate surface area is 142 Å². The van der Waals surface area contributed by atoms with Gasteiger partial charge in [-0.25, -0.2) is 13.6 Å². The second kappa shape index (κ2) is 6.84. The molecule has 2 unspecified atom stereocenters. The highest BCUT2D eigenvalue weighted by Gasteiger charge is 2.44. The van der Waals surface area contributed by atoms with Gasteiger partial charge in [-0.2, -0.15) is 0 Å². The number of aromatic nitrogens is 1. The molecule has 25 heavy (non-hydrogen) atoms. The Bertz CT molecular complexity index is 781. The first-order valence-corrected chi connectivity index (χ1v) is 7.56. The number of pyridine rings is 1. The average molecular weight is 347 g/mol. The van der Waals surface area contributed by atoms with Crippen LogP contribution in [0.3, 0.4) is 0 Å². The number of nitrogens with zero attached hydrogens (tertiary/aromatic N) is 2. The molecule has 2 amide bonds. The number of nitrogens with one attached hydrogen (secondary N) is 1. The summed E-state index contributed by atoms with van der Waals surface area (Å²) in [4.78, 5) is 28.8. The normalized spacial score (nSPS) is 19.6. The Hall–Kier alpha value is -3.03. The molecule has 1 N–H and O–H groups in total. The predicted molar refractivity (Wildman–Crippen MR) is 84.8 cm³/mol. The summed E-state index contributed by atoms with van der Waals surface area (Å²) in [6.07, 6.45) is 1.50. The highest BCUT2D eigenvalue weighted by Crippen LogP contribution is 2.37. The quantitative estimate of drug-likeness (QED) is 0.923. The fourth-order valence-corrected chi connectivity index (χ4v) is 2.80. The molecular formula is C17H15F2N3O3. The average Bonchev–Trinajstić information content (AvgIpc) is 2.89. The lowest BCUT2D eigenvalue weighted by molar-refractivity contribution is -0.119. The number of carbonyl (C=O) groups is 2. The molecule has 2 aromatic rings. The number of halogens is 2. The van der Waals surface area contributed by atoms with Gasteiger partial charge in [0.2, 0.25) is 5.91 Å². The molecule has 1 saturated heterocycles. The first-order valence-electron chi connectivity index (χ1n) is 7.56. The molecule has 3 rings (SSSR count). The van der Waals surface area contributed by atoms with Crippen molar-refractivity contribution in [1.82, 2.24) is 10.3 Å². The van der Waals surface area contributed by atoms with Crippen LogP contribution < -0.4 is 10.2 Å². The minimum absolute atomic E-state index is 0.0145. The Balaban J connectivity index is 2.03. The fraction of sp³-hybridized carbons (Fsp3) is 0.235. The van der Waals surface area contributed by atoms with E-state index in [2.05, 4.69) is 10.3 Å². The Morgan fingerprint density at radius 3 is 2.64 bits per heavy atom. The zero-order chi connectivity index (χ0) is 18.0. The lowest BCUT2D eigenvalue weighted by atomic mass is 9.99. The molecule has 1 fully saturated rings. The van der Waals surface area contributed by atoms with Crippen LogP contribution in [0.4, 0.5) is 19.3 Å². The molecule has 2 heterocycles. The fourth-order valence-electron chi connectivity index (χ4n) is 2.80. The van der Waals surface area contributed by atoms with Crippen LogP contribution in [0, 0.1) is 11.6 Å². The van der Waals surface area contributed by atoms with Gasteiger partial charge in [-0.05, 0) is 29.8 Å². The van der Waals surface area contributed by atoms with Gasteiger partial charge in [0, 0.05) is 19.2 Å². The third kappa shape index (κ3) is 3.57. The molecule has 8 heteroatoms. The number of amides is 2. The zero-order valence-electron chi connectivity index (χ0n) is 13.3. The molecule has 0 bridgehead atoms. The largest absolute Gasteiger partial charge is 0.441 e. The van der Waals surface area contributed by atoms with E-state index in [1.54, 1.807) is 12.1 Å². The molecule has 6 nitrogen and oxygen atoms in total. The van der Waals surface area contributed by atoms with E-state index in [1.807, 2.05) is 0 Å². The van der Waals surface area contributed by atoms with Crippen molar-refractivity contribution < 1.29 is 23.1 Å². The molecule has 1 aliphatic heterocycles. The summed E-state index contributed by atoms with van der Waals surface area (Å²) in [6.45, 7) is 1.34. The highest BCUT2D eigenvalue weighted by molar-refractivity contribution is 5.91. The number of hydrogen-bond donors (Lipinski definition) is 1. The second-order valence-electron chi connectivity index (χ2n) is 5.59. The maximum Gasteiger partial charge on any atom is 0.415 e. The van der Waals surface area contributed by atoms with Crippen molar-refractivity contribution in [2.24, 2.45) is 0 Å². The van der Waals surface area contributed by atoms with Gasteiger partial charge >= 0.3 is 6.09 Å². The summed E-state index contributed by atoms with van der Waals surface area (Å²) in [5, 5.41) is 2.56. The number of rotatable bonds is 4. The Morgan fingerprint density at radius 2 is 2.04 bits per heavy atom. The van der Waals surface area contributed by atoms with Crippen molar-refractivity contribution in [2.45, 2.75) is 19.1 Å². The molecule has 0 aliphatic carbocycles. The molecular weight excluding hydrogens is 332 g/mol. The Morgan fingerprint density at radius 1 is 1.32 bits per heavy atom. The summed E-state index contributed by atoms with van der Waals surface area (Å²) in [5.74, 6) is -1.84. The van der Waals surface area contributed by atoms with Crippen LogP contribution in [-0.2, 0) is 9.53 Å². The molecule has 1 aromatic heterocycles. The lowest BCUT2D eigenvalue weighted by Gasteiger charge is -2.25. The third-order valence-electron chi connectivity index (χ3n) is 3.78. The second-order valence-corrected chi connectivity index (χ2v) is 5.59. The third-order valence-corrected chi connectivity index (χ3v) is 3.78. The van der Waals surface area contributed by atoms with E-state index in [4.69, 9.17) is 4.74 Å². The van der Waals surface area contributed by atoms with Crippen molar-refractivity contribution in [3.8, 4) is 0 Å². The lowest BCUT2D eigenvalue weighted by Crippen LogP contribution is -2.36. The number of benzene rings is 1. The van der Waals surface area contributed by atoms with Crippen LogP contribution in [0.25, 0.3) is 0 Å². The van der Waals surface area contributed by atoms with E-state index < -0.39 is 29.9 Å². The molecule has 0 spiro atoms. The SMILES string of the molecule is CC(=O)NCC1OC(=O)N(c2cccnc2)C1c1cc(F)cc(F)c1. The van der Waals surface area contributed by atoms with Gasteiger partial charge in [-0.15, -0.1) is 0 Å². The molecule has 0 radical (unpaired) electrons.